The molecule has 0 saturated carbocycles. The van der Waals surface area contributed by atoms with Crippen LogP contribution in [0.4, 0.5) is 5.69 Å². The van der Waals surface area contributed by atoms with Crippen molar-refractivity contribution < 1.29 is 0 Å². The Balaban J connectivity index is 1.37. The Morgan fingerprint density at radius 2 is 1.73 bits per heavy atom. The van der Waals surface area contributed by atoms with Gasteiger partial charge in [0.2, 0.25) is 0 Å². The standard InChI is InChI=1S/C22H26N4/c1-17-8-9-18(2)21(14-17)26-12-10-25(11-13-26)16-20-15-23-22(24-20)19-6-4-3-5-7-19/h3-9,14-15H,10-13,16H2,1-2H3,(H,23,24). The molecule has 0 unspecified atom stereocenters. The van der Waals surface area contributed by atoms with E-state index in [1.165, 1.54) is 22.5 Å². The lowest BCUT2D eigenvalue weighted by atomic mass is 10.1. The summed E-state index contributed by atoms with van der Waals surface area (Å²) in [5, 5.41) is 0. The number of aryl methyl sites for hydroxylation is 2. The number of nitrogens with one attached hydrogen (secondary N) is 1. The molecule has 1 saturated heterocycles. The number of nitrogens with zero attached hydrogens (tertiary/aromatic N) is 3. The average molecular weight is 346 g/mol. The van der Waals surface area contributed by atoms with Gasteiger partial charge in [-0.1, -0.05) is 42.5 Å². The van der Waals surface area contributed by atoms with Gasteiger partial charge in [-0.25, -0.2) is 4.98 Å². The lowest BCUT2D eigenvalue weighted by molar-refractivity contribution is 0.247. The van der Waals surface area contributed by atoms with Crippen molar-refractivity contribution in [3.63, 3.8) is 0 Å². The van der Waals surface area contributed by atoms with Crippen LogP contribution in [-0.4, -0.2) is 41.0 Å². The summed E-state index contributed by atoms with van der Waals surface area (Å²) in [7, 11) is 0. The topological polar surface area (TPSA) is 35.2 Å². The summed E-state index contributed by atoms with van der Waals surface area (Å²) in [6.45, 7) is 9.60. The van der Waals surface area contributed by atoms with Gasteiger partial charge in [-0.2, -0.15) is 0 Å². The number of rotatable bonds is 4. The molecule has 2 heterocycles. The fourth-order valence-corrected chi connectivity index (χ4v) is 3.63. The molecule has 1 aliphatic heterocycles. The second-order valence-corrected chi connectivity index (χ2v) is 7.18. The highest BCUT2D eigenvalue weighted by molar-refractivity contribution is 5.56. The SMILES string of the molecule is Cc1ccc(C)c(N2CCN(Cc3cnc(-c4ccccc4)[nH]3)CC2)c1. The molecule has 3 aromatic rings. The van der Waals surface area contributed by atoms with Gasteiger partial charge in [0, 0.05) is 55.9 Å². The third-order valence-corrected chi connectivity index (χ3v) is 5.15. The zero-order chi connectivity index (χ0) is 17.9. The van der Waals surface area contributed by atoms with Crippen LogP contribution in [0.25, 0.3) is 11.4 Å². The van der Waals surface area contributed by atoms with E-state index in [0.717, 1.165) is 44.1 Å². The molecule has 1 fully saturated rings. The molecule has 4 rings (SSSR count). The first-order valence-corrected chi connectivity index (χ1v) is 9.33. The minimum Gasteiger partial charge on any atom is -0.369 e. The van der Waals surface area contributed by atoms with Gasteiger partial charge in [-0.05, 0) is 31.0 Å². The number of imidazole rings is 1. The number of hydrogen-bond acceptors (Lipinski definition) is 3. The normalized spacial score (nSPS) is 15.4. The maximum Gasteiger partial charge on any atom is 0.137 e. The third kappa shape index (κ3) is 3.65. The maximum atomic E-state index is 4.54. The molecule has 1 aliphatic rings. The van der Waals surface area contributed by atoms with Crippen LogP contribution < -0.4 is 4.90 Å². The van der Waals surface area contributed by atoms with E-state index in [2.05, 4.69) is 63.9 Å². The second-order valence-electron chi connectivity index (χ2n) is 7.18. The summed E-state index contributed by atoms with van der Waals surface area (Å²) in [5.41, 5.74) is 6.41. The fraction of sp³-hybridized carbons (Fsp3) is 0.318. The second kappa shape index (κ2) is 7.34. The van der Waals surface area contributed by atoms with Crippen LogP contribution in [0, 0.1) is 13.8 Å². The fourth-order valence-electron chi connectivity index (χ4n) is 3.63. The minimum absolute atomic E-state index is 0.931. The Morgan fingerprint density at radius 3 is 2.50 bits per heavy atom. The largest absolute Gasteiger partial charge is 0.369 e. The first-order valence-electron chi connectivity index (χ1n) is 9.33. The molecule has 26 heavy (non-hydrogen) atoms. The van der Waals surface area contributed by atoms with Crippen LogP contribution in [0.1, 0.15) is 16.8 Å². The van der Waals surface area contributed by atoms with Crippen LogP contribution in [0.5, 0.6) is 0 Å². The Kier molecular flexibility index (Phi) is 4.76. The highest BCUT2D eigenvalue weighted by Crippen LogP contribution is 2.23. The predicted octanol–water partition coefficient (Wildman–Crippen LogP) is 4.02. The van der Waals surface area contributed by atoms with Crippen molar-refractivity contribution in [2.24, 2.45) is 0 Å². The Hall–Kier alpha value is -2.59. The molecule has 2 aromatic carbocycles. The first kappa shape index (κ1) is 16.9. The van der Waals surface area contributed by atoms with Crippen molar-refractivity contribution in [1.82, 2.24) is 14.9 Å². The molecule has 0 bridgehead atoms. The molecular formula is C22H26N4. The average Bonchev–Trinajstić information content (AvgIpc) is 3.14. The predicted molar refractivity (Wildman–Crippen MR) is 107 cm³/mol. The zero-order valence-corrected chi connectivity index (χ0v) is 15.6. The van der Waals surface area contributed by atoms with Crippen LogP contribution >= 0.6 is 0 Å². The molecule has 0 atom stereocenters. The van der Waals surface area contributed by atoms with Gasteiger partial charge < -0.3 is 9.88 Å². The van der Waals surface area contributed by atoms with Crippen molar-refractivity contribution in [3.8, 4) is 11.4 Å². The zero-order valence-electron chi connectivity index (χ0n) is 15.6. The molecule has 4 heteroatoms. The minimum atomic E-state index is 0.931. The van der Waals surface area contributed by atoms with E-state index in [1.54, 1.807) is 0 Å². The van der Waals surface area contributed by atoms with Gasteiger partial charge >= 0.3 is 0 Å². The van der Waals surface area contributed by atoms with Crippen LogP contribution in [0.3, 0.4) is 0 Å². The van der Waals surface area contributed by atoms with E-state index in [4.69, 9.17) is 0 Å². The molecule has 0 aliphatic carbocycles. The maximum absolute atomic E-state index is 4.54. The van der Waals surface area contributed by atoms with Crippen LogP contribution in [-0.2, 0) is 6.54 Å². The van der Waals surface area contributed by atoms with Crippen molar-refractivity contribution in [2.75, 3.05) is 31.1 Å². The number of anilines is 1. The number of aromatic amines is 1. The number of aromatic nitrogens is 2. The Labute approximate surface area is 155 Å². The lowest BCUT2D eigenvalue weighted by Crippen LogP contribution is -2.46. The first-order chi connectivity index (χ1) is 12.7. The van der Waals surface area contributed by atoms with Gasteiger partial charge in [0.25, 0.3) is 0 Å². The smallest absolute Gasteiger partial charge is 0.137 e. The molecule has 1 N–H and O–H groups in total. The summed E-state index contributed by atoms with van der Waals surface area (Å²) in [5.74, 6) is 0.953. The van der Waals surface area contributed by atoms with Crippen molar-refractivity contribution in [2.45, 2.75) is 20.4 Å². The summed E-state index contributed by atoms with van der Waals surface area (Å²) < 4.78 is 0. The number of H-pyrrole nitrogens is 1. The molecule has 0 amide bonds. The highest BCUT2D eigenvalue weighted by Gasteiger charge is 2.19. The van der Waals surface area contributed by atoms with E-state index >= 15 is 0 Å². The van der Waals surface area contributed by atoms with E-state index in [0.29, 0.717) is 0 Å². The summed E-state index contributed by atoms with van der Waals surface area (Å²) in [4.78, 5) is 13.0. The van der Waals surface area contributed by atoms with Gasteiger partial charge in [-0.15, -0.1) is 0 Å². The number of piperazine rings is 1. The molecule has 1 aromatic heterocycles. The molecule has 0 spiro atoms. The van der Waals surface area contributed by atoms with Crippen molar-refractivity contribution in [1.29, 1.82) is 0 Å². The highest BCUT2D eigenvalue weighted by atomic mass is 15.3. The monoisotopic (exact) mass is 346 g/mol. The van der Waals surface area contributed by atoms with Crippen molar-refractivity contribution >= 4 is 5.69 Å². The molecular weight excluding hydrogens is 320 g/mol. The van der Waals surface area contributed by atoms with E-state index in [1.807, 2.05) is 24.4 Å². The number of benzene rings is 2. The van der Waals surface area contributed by atoms with E-state index in [-0.39, 0.29) is 0 Å². The van der Waals surface area contributed by atoms with Gasteiger partial charge in [0.1, 0.15) is 5.82 Å². The van der Waals surface area contributed by atoms with Crippen LogP contribution in [0.2, 0.25) is 0 Å². The van der Waals surface area contributed by atoms with Gasteiger partial charge in [0.05, 0.1) is 0 Å². The van der Waals surface area contributed by atoms with E-state index < -0.39 is 0 Å². The van der Waals surface area contributed by atoms with Gasteiger partial charge in [-0.3, -0.25) is 4.90 Å². The molecule has 4 nitrogen and oxygen atoms in total. The summed E-state index contributed by atoms with van der Waals surface area (Å²) >= 11 is 0. The third-order valence-electron chi connectivity index (χ3n) is 5.15. The van der Waals surface area contributed by atoms with Crippen LogP contribution in [0.15, 0.2) is 54.7 Å². The number of hydrogen-bond donors (Lipinski definition) is 1. The van der Waals surface area contributed by atoms with Gasteiger partial charge in [0.15, 0.2) is 0 Å². The summed E-state index contributed by atoms with van der Waals surface area (Å²) in [6.07, 6.45) is 1.97. The summed E-state index contributed by atoms with van der Waals surface area (Å²) in [6, 6.07) is 17.0. The van der Waals surface area contributed by atoms with Crippen molar-refractivity contribution in [3.05, 3.63) is 71.5 Å². The molecule has 134 valence electrons. The Bertz CT molecular complexity index is 861. The lowest BCUT2D eigenvalue weighted by Gasteiger charge is -2.36. The quantitative estimate of drug-likeness (QED) is 0.775. The van der Waals surface area contributed by atoms with E-state index in [9.17, 15) is 0 Å². The molecule has 0 radical (unpaired) electrons. The Morgan fingerprint density at radius 1 is 0.962 bits per heavy atom.